The van der Waals surface area contributed by atoms with E-state index in [1.807, 2.05) is 49.4 Å². The van der Waals surface area contributed by atoms with Crippen molar-refractivity contribution in [3.8, 4) is 0 Å². The zero-order valence-electron chi connectivity index (χ0n) is 10.7. The summed E-state index contributed by atoms with van der Waals surface area (Å²) >= 11 is 0. The predicted molar refractivity (Wildman–Crippen MR) is 72.4 cm³/mol. The maximum absolute atomic E-state index is 12.4. The van der Waals surface area contributed by atoms with E-state index in [0.29, 0.717) is 11.1 Å². The molecule has 0 spiro atoms. The molecule has 0 radical (unpaired) electrons. The van der Waals surface area contributed by atoms with Gasteiger partial charge in [0.15, 0.2) is 6.23 Å². The van der Waals surface area contributed by atoms with E-state index >= 15 is 0 Å². The van der Waals surface area contributed by atoms with Crippen molar-refractivity contribution in [2.75, 3.05) is 0 Å². The van der Waals surface area contributed by atoms with E-state index < -0.39 is 6.23 Å². The molecular formula is C16H15NO2. The number of fused-ring (bicyclic) bond motifs is 1. The Morgan fingerprint density at radius 1 is 1.05 bits per heavy atom. The van der Waals surface area contributed by atoms with Crippen LogP contribution in [0.4, 0.5) is 0 Å². The van der Waals surface area contributed by atoms with Crippen LogP contribution in [0.1, 0.15) is 40.7 Å². The normalized spacial score (nSPS) is 19.4. The second-order valence-corrected chi connectivity index (χ2v) is 4.76. The van der Waals surface area contributed by atoms with Gasteiger partial charge in [-0.15, -0.1) is 0 Å². The predicted octanol–water partition coefficient (Wildman–Crippen LogP) is 2.89. The Hall–Kier alpha value is -2.13. The fourth-order valence-corrected chi connectivity index (χ4v) is 2.60. The molecule has 0 aliphatic carbocycles. The first kappa shape index (κ1) is 11.9. The lowest BCUT2D eigenvalue weighted by Gasteiger charge is -2.28. The van der Waals surface area contributed by atoms with Crippen LogP contribution >= 0.6 is 0 Å². The third-order valence-electron chi connectivity index (χ3n) is 3.67. The molecule has 3 heteroatoms. The summed E-state index contributed by atoms with van der Waals surface area (Å²) in [6, 6.07) is 16.8. The molecule has 1 heterocycles. The van der Waals surface area contributed by atoms with Crippen LogP contribution in [0.5, 0.6) is 0 Å². The van der Waals surface area contributed by atoms with Crippen LogP contribution in [0.15, 0.2) is 54.6 Å². The van der Waals surface area contributed by atoms with Gasteiger partial charge in [-0.25, -0.2) is 0 Å². The van der Waals surface area contributed by atoms with Gasteiger partial charge in [0.05, 0.1) is 6.04 Å². The summed E-state index contributed by atoms with van der Waals surface area (Å²) in [5.74, 6) is -0.112. The minimum absolute atomic E-state index is 0.112. The van der Waals surface area contributed by atoms with Crippen molar-refractivity contribution >= 4 is 5.91 Å². The van der Waals surface area contributed by atoms with E-state index in [0.717, 1.165) is 5.56 Å². The van der Waals surface area contributed by atoms with Crippen molar-refractivity contribution < 1.29 is 9.90 Å². The molecule has 19 heavy (non-hydrogen) atoms. The van der Waals surface area contributed by atoms with Crippen molar-refractivity contribution in [3.05, 3.63) is 71.3 Å². The van der Waals surface area contributed by atoms with E-state index in [1.165, 1.54) is 4.90 Å². The Bertz CT molecular complexity index is 609. The van der Waals surface area contributed by atoms with Crippen molar-refractivity contribution in [1.82, 2.24) is 4.90 Å². The van der Waals surface area contributed by atoms with Crippen LogP contribution < -0.4 is 0 Å². The summed E-state index contributed by atoms with van der Waals surface area (Å²) in [6.45, 7) is 1.93. The Morgan fingerprint density at radius 3 is 2.37 bits per heavy atom. The van der Waals surface area contributed by atoms with Crippen molar-refractivity contribution in [2.45, 2.75) is 19.2 Å². The zero-order chi connectivity index (χ0) is 13.4. The molecule has 96 valence electrons. The van der Waals surface area contributed by atoms with Crippen molar-refractivity contribution in [1.29, 1.82) is 0 Å². The lowest BCUT2D eigenvalue weighted by Crippen LogP contribution is -2.30. The first-order valence-electron chi connectivity index (χ1n) is 6.35. The van der Waals surface area contributed by atoms with Gasteiger partial charge in [0.2, 0.25) is 0 Å². The van der Waals surface area contributed by atoms with E-state index in [4.69, 9.17) is 0 Å². The third-order valence-corrected chi connectivity index (χ3v) is 3.67. The molecule has 0 bridgehead atoms. The molecule has 2 aromatic rings. The minimum atomic E-state index is -0.862. The average molecular weight is 253 g/mol. The molecular weight excluding hydrogens is 238 g/mol. The van der Waals surface area contributed by atoms with Gasteiger partial charge in [0.1, 0.15) is 0 Å². The molecule has 1 amide bonds. The second-order valence-electron chi connectivity index (χ2n) is 4.76. The number of nitrogens with zero attached hydrogens (tertiary/aromatic N) is 1. The number of benzene rings is 2. The highest BCUT2D eigenvalue weighted by molar-refractivity contribution is 5.99. The number of carbonyl (C=O) groups excluding carboxylic acids is 1. The summed E-state index contributed by atoms with van der Waals surface area (Å²) in [5.41, 5.74) is 2.30. The van der Waals surface area contributed by atoms with Crippen LogP contribution in [-0.2, 0) is 0 Å². The Morgan fingerprint density at radius 2 is 1.68 bits per heavy atom. The first-order chi connectivity index (χ1) is 9.20. The Kier molecular flexibility index (Phi) is 2.84. The van der Waals surface area contributed by atoms with E-state index in [-0.39, 0.29) is 11.9 Å². The number of hydrogen-bond acceptors (Lipinski definition) is 2. The summed E-state index contributed by atoms with van der Waals surface area (Å²) in [4.78, 5) is 13.9. The molecule has 0 unspecified atom stereocenters. The first-order valence-corrected chi connectivity index (χ1v) is 6.35. The van der Waals surface area contributed by atoms with E-state index in [2.05, 4.69) is 0 Å². The molecule has 1 aliphatic rings. The molecule has 1 aliphatic heterocycles. The maximum atomic E-state index is 12.4. The number of hydrogen-bond donors (Lipinski definition) is 1. The summed E-state index contributed by atoms with van der Waals surface area (Å²) in [6.07, 6.45) is -0.862. The van der Waals surface area contributed by atoms with Gasteiger partial charge >= 0.3 is 0 Å². The number of aliphatic hydroxyl groups excluding tert-OH is 1. The highest BCUT2D eigenvalue weighted by Gasteiger charge is 2.38. The standard InChI is InChI=1S/C16H15NO2/c1-11(12-7-3-2-4-8-12)17-15(18)13-9-5-6-10-14(13)16(17)19/h2-11,15,18H,1H3/t11-,15+/m0/s1. The number of rotatable bonds is 2. The largest absolute Gasteiger partial charge is 0.369 e. The molecule has 3 nitrogen and oxygen atoms in total. The topological polar surface area (TPSA) is 40.5 Å². The summed E-state index contributed by atoms with van der Waals surface area (Å²) in [5, 5.41) is 10.3. The minimum Gasteiger partial charge on any atom is -0.369 e. The maximum Gasteiger partial charge on any atom is 0.257 e. The Balaban J connectivity index is 1.98. The van der Waals surface area contributed by atoms with Gasteiger partial charge in [0, 0.05) is 11.1 Å². The van der Waals surface area contributed by atoms with Crippen LogP contribution in [-0.4, -0.2) is 15.9 Å². The lowest BCUT2D eigenvalue weighted by molar-refractivity contribution is -0.000319. The molecule has 0 saturated carbocycles. The van der Waals surface area contributed by atoms with Gasteiger partial charge in [-0.2, -0.15) is 0 Å². The molecule has 0 fully saturated rings. The van der Waals surface area contributed by atoms with Crippen LogP contribution in [0.2, 0.25) is 0 Å². The fourth-order valence-electron chi connectivity index (χ4n) is 2.60. The molecule has 3 rings (SSSR count). The highest BCUT2D eigenvalue weighted by Crippen LogP contribution is 2.37. The molecule has 2 atom stereocenters. The molecule has 0 aromatic heterocycles. The van der Waals surface area contributed by atoms with Gasteiger partial charge in [-0.1, -0.05) is 48.5 Å². The van der Waals surface area contributed by atoms with Crippen LogP contribution in [0.25, 0.3) is 0 Å². The van der Waals surface area contributed by atoms with Crippen molar-refractivity contribution in [3.63, 3.8) is 0 Å². The summed E-state index contributed by atoms with van der Waals surface area (Å²) < 4.78 is 0. The molecule has 1 N–H and O–H groups in total. The number of amides is 1. The fraction of sp³-hybridized carbons (Fsp3) is 0.188. The zero-order valence-corrected chi connectivity index (χ0v) is 10.7. The van der Waals surface area contributed by atoms with E-state index in [9.17, 15) is 9.90 Å². The quantitative estimate of drug-likeness (QED) is 0.894. The SMILES string of the molecule is C[C@@H](c1ccccc1)N1C(=O)c2ccccc2[C@H]1O. The van der Waals surface area contributed by atoms with Crippen LogP contribution in [0.3, 0.4) is 0 Å². The van der Waals surface area contributed by atoms with Gasteiger partial charge in [-0.3, -0.25) is 4.79 Å². The number of aliphatic hydroxyl groups is 1. The number of carbonyl (C=O) groups is 1. The third kappa shape index (κ3) is 1.83. The van der Waals surface area contributed by atoms with Crippen LogP contribution in [0, 0.1) is 0 Å². The smallest absolute Gasteiger partial charge is 0.257 e. The Labute approximate surface area is 112 Å². The lowest BCUT2D eigenvalue weighted by atomic mass is 10.1. The van der Waals surface area contributed by atoms with Gasteiger partial charge in [0.25, 0.3) is 5.91 Å². The average Bonchev–Trinajstić information content (AvgIpc) is 2.72. The molecule has 0 saturated heterocycles. The molecule has 2 aromatic carbocycles. The second kappa shape index (κ2) is 4.52. The van der Waals surface area contributed by atoms with Gasteiger partial charge < -0.3 is 10.0 Å². The van der Waals surface area contributed by atoms with Gasteiger partial charge in [-0.05, 0) is 18.6 Å². The monoisotopic (exact) mass is 253 g/mol. The van der Waals surface area contributed by atoms with E-state index in [1.54, 1.807) is 12.1 Å². The highest BCUT2D eigenvalue weighted by atomic mass is 16.3. The summed E-state index contributed by atoms with van der Waals surface area (Å²) in [7, 11) is 0. The van der Waals surface area contributed by atoms with Crippen molar-refractivity contribution in [2.24, 2.45) is 0 Å².